The summed E-state index contributed by atoms with van der Waals surface area (Å²) in [6.07, 6.45) is 0.568. The van der Waals surface area contributed by atoms with Gasteiger partial charge in [0.2, 0.25) is 0 Å². The summed E-state index contributed by atoms with van der Waals surface area (Å²) in [5.41, 5.74) is 4.53. The van der Waals surface area contributed by atoms with Crippen LogP contribution < -0.4 is 5.56 Å². The summed E-state index contributed by atoms with van der Waals surface area (Å²) in [4.78, 5) is 13.2. The molecule has 1 heterocycles. The quantitative estimate of drug-likeness (QED) is 0.499. The van der Waals surface area contributed by atoms with Crippen LogP contribution in [-0.2, 0) is 6.42 Å². The fraction of sp³-hybridized carbons (Fsp3) is 0.0455. The van der Waals surface area contributed by atoms with Crippen LogP contribution >= 0.6 is 15.9 Å². The Balaban J connectivity index is 1.88. The molecule has 0 unspecified atom stereocenters. The molecule has 0 amide bonds. The molecule has 4 heteroatoms. The molecule has 0 aliphatic rings. The normalized spacial score (nSPS) is 10.8. The Morgan fingerprint density at radius 3 is 2.23 bits per heavy atom. The first-order valence-electron chi connectivity index (χ1n) is 8.41. The summed E-state index contributed by atoms with van der Waals surface area (Å²) in [5.74, 6) is 0. The molecule has 0 saturated heterocycles. The molecule has 0 fully saturated rings. The van der Waals surface area contributed by atoms with Crippen molar-refractivity contribution in [1.29, 1.82) is 0 Å². The van der Waals surface area contributed by atoms with E-state index in [0.717, 1.165) is 32.5 Å². The van der Waals surface area contributed by atoms with Crippen LogP contribution in [0.1, 0.15) is 11.1 Å². The molecule has 0 saturated carbocycles. The monoisotopic (exact) mass is 404 g/mol. The number of hydrogen-bond donors (Lipinski definition) is 1. The van der Waals surface area contributed by atoms with Gasteiger partial charge in [-0.15, -0.1) is 0 Å². The Kier molecular flexibility index (Phi) is 4.59. The number of rotatable bonds is 4. The average Bonchev–Trinajstić information content (AvgIpc) is 3.00. The van der Waals surface area contributed by atoms with Gasteiger partial charge in [0.1, 0.15) is 0 Å². The smallest absolute Gasteiger partial charge is 0.275 e. The predicted octanol–water partition coefficient (Wildman–Crippen LogP) is 5.19. The van der Waals surface area contributed by atoms with E-state index in [1.807, 2.05) is 84.9 Å². The first kappa shape index (κ1) is 16.6. The number of H-pyrrole nitrogens is 1. The third-order valence-electron chi connectivity index (χ3n) is 4.33. The van der Waals surface area contributed by atoms with Crippen LogP contribution in [0.2, 0.25) is 0 Å². The zero-order valence-corrected chi connectivity index (χ0v) is 15.6. The van der Waals surface area contributed by atoms with Gasteiger partial charge in [-0.3, -0.25) is 9.89 Å². The lowest BCUT2D eigenvalue weighted by molar-refractivity contribution is 0.849. The number of hydrogen-bond acceptors (Lipinski definition) is 1. The van der Waals surface area contributed by atoms with Gasteiger partial charge < -0.3 is 0 Å². The minimum atomic E-state index is -0.0185. The summed E-state index contributed by atoms with van der Waals surface area (Å²) < 4.78 is 2.63. The highest BCUT2D eigenvalue weighted by Gasteiger charge is 2.17. The topological polar surface area (TPSA) is 37.8 Å². The molecule has 1 aromatic heterocycles. The molecule has 4 aromatic rings. The molecule has 4 rings (SSSR count). The van der Waals surface area contributed by atoms with Crippen molar-refractivity contribution in [2.75, 3.05) is 0 Å². The van der Waals surface area contributed by atoms with Gasteiger partial charge >= 0.3 is 0 Å². The van der Waals surface area contributed by atoms with Gasteiger partial charge in [-0.2, -0.15) is 0 Å². The van der Waals surface area contributed by atoms with Crippen molar-refractivity contribution in [3.05, 3.63) is 111 Å². The Bertz CT molecular complexity index is 1080. The van der Waals surface area contributed by atoms with Crippen LogP contribution in [0.15, 0.2) is 94.2 Å². The van der Waals surface area contributed by atoms with Gasteiger partial charge in [-0.1, -0.05) is 76.6 Å². The van der Waals surface area contributed by atoms with E-state index < -0.39 is 0 Å². The van der Waals surface area contributed by atoms with Gasteiger partial charge in [0.15, 0.2) is 0 Å². The minimum absolute atomic E-state index is 0.0185. The first-order chi connectivity index (χ1) is 12.7. The third kappa shape index (κ3) is 3.28. The van der Waals surface area contributed by atoms with Crippen molar-refractivity contribution in [2.24, 2.45) is 0 Å². The van der Waals surface area contributed by atoms with Crippen LogP contribution in [0.4, 0.5) is 0 Å². The second kappa shape index (κ2) is 7.18. The second-order valence-corrected chi connectivity index (χ2v) is 7.03. The first-order valence-corrected chi connectivity index (χ1v) is 9.21. The number of halogens is 1. The van der Waals surface area contributed by atoms with Crippen LogP contribution in [0.25, 0.3) is 16.9 Å². The molecule has 0 bridgehead atoms. The van der Waals surface area contributed by atoms with Crippen LogP contribution in [0.5, 0.6) is 0 Å². The third-order valence-corrected chi connectivity index (χ3v) is 4.83. The summed E-state index contributed by atoms with van der Waals surface area (Å²) in [5, 5.41) is 3.31. The number of aromatic nitrogens is 2. The summed E-state index contributed by atoms with van der Waals surface area (Å²) in [7, 11) is 0. The van der Waals surface area contributed by atoms with Crippen molar-refractivity contribution < 1.29 is 0 Å². The molecule has 1 N–H and O–H groups in total. The predicted molar refractivity (Wildman–Crippen MR) is 109 cm³/mol. The van der Waals surface area contributed by atoms with Crippen molar-refractivity contribution in [3.8, 4) is 16.9 Å². The molecule has 0 atom stereocenters. The van der Waals surface area contributed by atoms with E-state index in [4.69, 9.17) is 0 Å². The van der Waals surface area contributed by atoms with Crippen molar-refractivity contribution in [2.45, 2.75) is 6.42 Å². The fourth-order valence-corrected chi connectivity index (χ4v) is 3.54. The summed E-state index contributed by atoms with van der Waals surface area (Å²) in [6, 6.07) is 27.7. The molecular formula is C22H17BrN2O. The largest absolute Gasteiger partial charge is 0.290 e. The van der Waals surface area contributed by atoms with E-state index in [1.165, 1.54) is 0 Å². The highest BCUT2D eigenvalue weighted by atomic mass is 79.9. The molecule has 3 aromatic carbocycles. The number of benzene rings is 3. The highest BCUT2D eigenvalue weighted by molar-refractivity contribution is 9.10. The Morgan fingerprint density at radius 1 is 0.846 bits per heavy atom. The molecular weight excluding hydrogens is 388 g/mol. The van der Waals surface area contributed by atoms with E-state index in [-0.39, 0.29) is 5.56 Å². The maximum atomic E-state index is 13.2. The molecule has 26 heavy (non-hydrogen) atoms. The van der Waals surface area contributed by atoms with E-state index in [0.29, 0.717) is 6.42 Å². The second-order valence-electron chi connectivity index (χ2n) is 6.11. The molecule has 0 aliphatic heterocycles. The minimum Gasteiger partial charge on any atom is -0.290 e. The standard InChI is InChI=1S/C22H17BrN2O/c23-18-11-7-8-16(14-18)15-20-21(17-9-3-1-4-10-17)24-25(22(20)26)19-12-5-2-6-13-19/h1-14,24H,15H2. The lowest BCUT2D eigenvalue weighted by Crippen LogP contribution is -2.17. The van der Waals surface area contributed by atoms with Crippen LogP contribution in [0, 0.1) is 0 Å². The van der Waals surface area contributed by atoms with Gasteiger partial charge in [0.05, 0.1) is 11.4 Å². The van der Waals surface area contributed by atoms with Crippen LogP contribution in [-0.4, -0.2) is 9.78 Å². The van der Waals surface area contributed by atoms with E-state index in [2.05, 4.69) is 21.0 Å². The van der Waals surface area contributed by atoms with Crippen molar-refractivity contribution in [1.82, 2.24) is 9.78 Å². The molecule has 0 spiro atoms. The van der Waals surface area contributed by atoms with Gasteiger partial charge in [-0.05, 0) is 35.4 Å². The van der Waals surface area contributed by atoms with Gasteiger partial charge in [-0.25, -0.2) is 4.68 Å². The molecule has 0 aliphatic carbocycles. The Morgan fingerprint density at radius 2 is 1.54 bits per heavy atom. The van der Waals surface area contributed by atoms with Gasteiger partial charge in [0.25, 0.3) is 5.56 Å². The number of aromatic amines is 1. The average molecular weight is 405 g/mol. The fourth-order valence-electron chi connectivity index (χ4n) is 3.09. The number of nitrogens with one attached hydrogen (secondary N) is 1. The Labute approximate surface area is 160 Å². The number of para-hydroxylation sites is 1. The highest BCUT2D eigenvalue weighted by Crippen LogP contribution is 2.23. The zero-order chi connectivity index (χ0) is 17.9. The molecule has 128 valence electrons. The SMILES string of the molecule is O=c1c(Cc2cccc(Br)c2)c(-c2ccccc2)[nH]n1-c1ccccc1. The van der Waals surface area contributed by atoms with E-state index in [9.17, 15) is 4.79 Å². The number of nitrogens with zero attached hydrogens (tertiary/aromatic N) is 1. The maximum Gasteiger partial charge on any atom is 0.275 e. The summed E-state index contributed by atoms with van der Waals surface area (Å²) in [6.45, 7) is 0. The maximum absolute atomic E-state index is 13.2. The van der Waals surface area contributed by atoms with E-state index >= 15 is 0 Å². The van der Waals surface area contributed by atoms with Crippen molar-refractivity contribution in [3.63, 3.8) is 0 Å². The lowest BCUT2D eigenvalue weighted by atomic mass is 10.0. The van der Waals surface area contributed by atoms with E-state index in [1.54, 1.807) is 4.68 Å². The molecule has 0 radical (unpaired) electrons. The Hall–Kier alpha value is -2.85. The molecule has 3 nitrogen and oxygen atoms in total. The lowest BCUT2D eigenvalue weighted by Gasteiger charge is -2.04. The van der Waals surface area contributed by atoms with Gasteiger partial charge in [0, 0.05) is 16.5 Å². The van der Waals surface area contributed by atoms with Crippen molar-refractivity contribution >= 4 is 15.9 Å². The summed E-state index contributed by atoms with van der Waals surface area (Å²) >= 11 is 3.51. The van der Waals surface area contributed by atoms with Crippen LogP contribution in [0.3, 0.4) is 0 Å². The zero-order valence-electron chi connectivity index (χ0n) is 14.0.